The van der Waals surface area contributed by atoms with Crippen LogP contribution in [-0.2, 0) is 22.3 Å². The van der Waals surface area contributed by atoms with Gasteiger partial charge in [-0.15, -0.1) is 0 Å². The standard InChI is InChI=1S/C23H24ClF3N4O2/c1-15-2-4-16(5-3-15)13-31-14-17(10-20(31)32)22(33)30-8-6-29(7-9-30)21-19(24)11-18(12-28-21)23(25,26)27/h2-5,11-12,17H,6-10,13-14H2,1H3/t17-/m1/s1. The van der Waals surface area contributed by atoms with Crippen molar-refractivity contribution < 1.29 is 22.8 Å². The first-order valence-corrected chi connectivity index (χ1v) is 11.1. The summed E-state index contributed by atoms with van der Waals surface area (Å²) in [5, 5.41) is -0.0715. The number of pyridine rings is 1. The second-order valence-electron chi connectivity index (χ2n) is 8.50. The maximum Gasteiger partial charge on any atom is 0.417 e. The molecule has 0 bridgehead atoms. The number of hydrogen-bond donors (Lipinski definition) is 0. The number of rotatable bonds is 4. The molecule has 0 saturated carbocycles. The minimum absolute atomic E-state index is 0.0340. The van der Waals surface area contributed by atoms with E-state index in [1.807, 2.05) is 31.2 Å². The third-order valence-corrected chi connectivity index (χ3v) is 6.38. The molecule has 6 nitrogen and oxygen atoms in total. The topological polar surface area (TPSA) is 56.8 Å². The normalized spacial score (nSPS) is 19.4. The highest BCUT2D eigenvalue weighted by molar-refractivity contribution is 6.33. The van der Waals surface area contributed by atoms with Gasteiger partial charge in [-0.3, -0.25) is 9.59 Å². The lowest BCUT2D eigenvalue weighted by atomic mass is 10.1. The average molecular weight is 481 g/mol. The number of piperazine rings is 1. The Labute approximate surface area is 194 Å². The Morgan fingerprint density at radius 2 is 1.82 bits per heavy atom. The van der Waals surface area contributed by atoms with Gasteiger partial charge in [0.2, 0.25) is 11.8 Å². The summed E-state index contributed by atoms with van der Waals surface area (Å²) in [7, 11) is 0. The van der Waals surface area contributed by atoms with Gasteiger partial charge in [0, 0.05) is 51.9 Å². The van der Waals surface area contributed by atoms with Crippen LogP contribution in [0.1, 0.15) is 23.1 Å². The molecule has 4 rings (SSSR count). The van der Waals surface area contributed by atoms with Gasteiger partial charge < -0.3 is 14.7 Å². The van der Waals surface area contributed by atoms with E-state index in [4.69, 9.17) is 11.6 Å². The summed E-state index contributed by atoms with van der Waals surface area (Å²) in [5.41, 5.74) is 1.27. The van der Waals surface area contributed by atoms with E-state index in [1.54, 1.807) is 14.7 Å². The molecule has 0 spiro atoms. The Morgan fingerprint density at radius 1 is 1.15 bits per heavy atom. The van der Waals surface area contributed by atoms with Crippen LogP contribution >= 0.6 is 11.6 Å². The van der Waals surface area contributed by atoms with Crippen molar-refractivity contribution in [2.24, 2.45) is 5.92 Å². The van der Waals surface area contributed by atoms with Crippen LogP contribution in [0.5, 0.6) is 0 Å². The van der Waals surface area contributed by atoms with E-state index in [-0.39, 0.29) is 35.0 Å². The number of halogens is 4. The summed E-state index contributed by atoms with van der Waals surface area (Å²) in [6.07, 6.45) is -3.55. The summed E-state index contributed by atoms with van der Waals surface area (Å²) in [4.78, 5) is 34.6. The number of likely N-dealkylation sites (tertiary alicyclic amines) is 1. The van der Waals surface area contributed by atoms with Crippen LogP contribution in [0.4, 0.5) is 19.0 Å². The van der Waals surface area contributed by atoms with Gasteiger partial charge in [0.1, 0.15) is 5.82 Å². The van der Waals surface area contributed by atoms with Crippen molar-refractivity contribution in [1.29, 1.82) is 0 Å². The molecule has 2 aliphatic heterocycles. The van der Waals surface area contributed by atoms with Gasteiger partial charge in [-0.25, -0.2) is 4.98 Å². The molecule has 0 radical (unpaired) electrons. The van der Waals surface area contributed by atoms with Crippen LogP contribution in [-0.4, -0.2) is 59.3 Å². The maximum absolute atomic E-state index is 13.0. The Balaban J connectivity index is 1.33. The van der Waals surface area contributed by atoms with E-state index in [0.717, 1.165) is 23.4 Å². The molecule has 1 aromatic carbocycles. The average Bonchev–Trinajstić information content (AvgIpc) is 3.14. The maximum atomic E-state index is 13.0. The molecule has 10 heteroatoms. The lowest BCUT2D eigenvalue weighted by molar-refractivity contribution is -0.138. The van der Waals surface area contributed by atoms with Crippen molar-refractivity contribution in [2.75, 3.05) is 37.6 Å². The van der Waals surface area contributed by atoms with Crippen molar-refractivity contribution in [2.45, 2.75) is 26.1 Å². The molecule has 1 atom stereocenters. The van der Waals surface area contributed by atoms with Crippen LogP contribution < -0.4 is 4.90 Å². The number of benzene rings is 1. The highest BCUT2D eigenvalue weighted by Crippen LogP contribution is 2.34. The van der Waals surface area contributed by atoms with Gasteiger partial charge in [0.15, 0.2) is 0 Å². The van der Waals surface area contributed by atoms with Crippen LogP contribution in [0.3, 0.4) is 0 Å². The highest BCUT2D eigenvalue weighted by Gasteiger charge is 2.38. The first kappa shape index (κ1) is 23.4. The number of aromatic nitrogens is 1. The van der Waals surface area contributed by atoms with Crippen LogP contribution in [0.25, 0.3) is 0 Å². The molecule has 176 valence electrons. The molecule has 0 unspecified atom stereocenters. The zero-order chi connectivity index (χ0) is 23.8. The zero-order valence-corrected chi connectivity index (χ0v) is 18.9. The van der Waals surface area contributed by atoms with Gasteiger partial charge >= 0.3 is 6.18 Å². The highest BCUT2D eigenvalue weighted by atomic mass is 35.5. The molecule has 0 aliphatic carbocycles. The van der Waals surface area contributed by atoms with Gasteiger partial charge in [-0.2, -0.15) is 13.2 Å². The van der Waals surface area contributed by atoms with Gasteiger partial charge in [0.25, 0.3) is 0 Å². The monoisotopic (exact) mass is 480 g/mol. The second-order valence-corrected chi connectivity index (χ2v) is 8.91. The summed E-state index contributed by atoms with van der Waals surface area (Å²) < 4.78 is 38.5. The van der Waals surface area contributed by atoms with E-state index in [0.29, 0.717) is 39.3 Å². The fourth-order valence-electron chi connectivity index (χ4n) is 4.22. The Hall–Kier alpha value is -2.81. The minimum Gasteiger partial charge on any atom is -0.352 e. The number of carbonyl (C=O) groups excluding carboxylic acids is 2. The van der Waals surface area contributed by atoms with E-state index >= 15 is 0 Å². The van der Waals surface area contributed by atoms with Crippen molar-refractivity contribution in [3.8, 4) is 0 Å². The molecule has 2 aromatic rings. The number of hydrogen-bond acceptors (Lipinski definition) is 4. The number of nitrogens with zero attached hydrogens (tertiary/aromatic N) is 4. The fourth-order valence-corrected chi connectivity index (χ4v) is 4.51. The smallest absolute Gasteiger partial charge is 0.352 e. The lowest BCUT2D eigenvalue weighted by Gasteiger charge is -2.36. The molecule has 2 fully saturated rings. The lowest BCUT2D eigenvalue weighted by Crippen LogP contribution is -2.51. The minimum atomic E-state index is -4.51. The predicted molar refractivity (Wildman–Crippen MR) is 118 cm³/mol. The summed E-state index contributed by atoms with van der Waals surface area (Å²) in [6.45, 7) is 4.45. The Bertz CT molecular complexity index is 1040. The van der Waals surface area contributed by atoms with E-state index in [1.165, 1.54) is 0 Å². The third kappa shape index (κ3) is 5.24. The van der Waals surface area contributed by atoms with Gasteiger partial charge in [-0.1, -0.05) is 41.4 Å². The van der Waals surface area contributed by atoms with Crippen molar-refractivity contribution >= 4 is 29.2 Å². The number of aryl methyl sites for hydroxylation is 1. The Kier molecular flexibility index (Phi) is 6.52. The summed E-state index contributed by atoms with van der Waals surface area (Å²) in [5.74, 6) is -0.214. The van der Waals surface area contributed by atoms with Crippen LogP contribution in [0.2, 0.25) is 5.02 Å². The molecule has 2 saturated heterocycles. The van der Waals surface area contributed by atoms with Crippen LogP contribution in [0.15, 0.2) is 36.5 Å². The first-order valence-electron chi connectivity index (χ1n) is 10.7. The van der Waals surface area contributed by atoms with E-state index in [2.05, 4.69) is 4.98 Å². The number of anilines is 1. The number of carbonyl (C=O) groups is 2. The molecule has 1 aromatic heterocycles. The first-order chi connectivity index (χ1) is 15.6. The zero-order valence-electron chi connectivity index (χ0n) is 18.1. The number of amides is 2. The van der Waals surface area contributed by atoms with E-state index < -0.39 is 11.7 Å². The van der Waals surface area contributed by atoms with Crippen molar-refractivity contribution in [1.82, 2.24) is 14.8 Å². The summed E-state index contributed by atoms with van der Waals surface area (Å²) in [6, 6.07) is 8.83. The second kappa shape index (κ2) is 9.21. The number of alkyl halides is 3. The van der Waals surface area contributed by atoms with Gasteiger partial charge in [0.05, 0.1) is 16.5 Å². The predicted octanol–water partition coefficient (Wildman–Crippen LogP) is 3.76. The fraction of sp³-hybridized carbons (Fsp3) is 0.435. The SMILES string of the molecule is Cc1ccc(CN2C[C@H](C(=O)N3CCN(c4ncc(C(F)(F)F)cc4Cl)CC3)CC2=O)cc1. The molecule has 0 N–H and O–H groups in total. The molecule has 2 aliphatic rings. The largest absolute Gasteiger partial charge is 0.417 e. The van der Waals surface area contributed by atoms with Crippen molar-refractivity contribution in [3.63, 3.8) is 0 Å². The van der Waals surface area contributed by atoms with E-state index in [9.17, 15) is 22.8 Å². The molecular formula is C23H24ClF3N4O2. The molecule has 3 heterocycles. The van der Waals surface area contributed by atoms with Crippen molar-refractivity contribution in [3.05, 3.63) is 58.2 Å². The quantitative estimate of drug-likeness (QED) is 0.668. The molecular weight excluding hydrogens is 457 g/mol. The molecule has 33 heavy (non-hydrogen) atoms. The van der Waals surface area contributed by atoms with Crippen LogP contribution in [0, 0.1) is 12.8 Å². The molecule has 2 amide bonds. The Morgan fingerprint density at radius 3 is 2.42 bits per heavy atom. The summed E-state index contributed by atoms with van der Waals surface area (Å²) >= 11 is 6.05. The van der Waals surface area contributed by atoms with Gasteiger partial charge in [-0.05, 0) is 18.6 Å². The third-order valence-electron chi connectivity index (χ3n) is 6.10.